The van der Waals surface area contributed by atoms with Crippen LogP contribution in [0.15, 0.2) is 36.5 Å². The molecule has 7 nitrogen and oxygen atoms in total. The molecule has 0 unspecified atom stereocenters. The first-order valence-electron chi connectivity index (χ1n) is 12.3. The van der Waals surface area contributed by atoms with Crippen LogP contribution in [0.4, 0.5) is 0 Å². The Balaban J connectivity index is 1.14. The van der Waals surface area contributed by atoms with Gasteiger partial charge in [0, 0.05) is 26.2 Å². The normalized spacial score (nSPS) is 30.5. The fourth-order valence-corrected chi connectivity index (χ4v) is 7.34. The Morgan fingerprint density at radius 2 is 1.48 bits per heavy atom. The van der Waals surface area contributed by atoms with Gasteiger partial charge >= 0.3 is 0 Å². The third-order valence-electron chi connectivity index (χ3n) is 8.47. The number of hydrogen-bond acceptors (Lipinski definition) is 4. The van der Waals surface area contributed by atoms with E-state index in [0.717, 1.165) is 42.7 Å². The zero-order valence-electron chi connectivity index (χ0n) is 19.3. The first kappa shape index (κ1) is 20.8. The lowest BCUT2D eigenvalue weighted by Crippen LogP contribution is -2.58. The average Bonchev–Trinajstić information content (AvgIpc) is 3.27. The minimum atomic E-state index is -0.136. The van der Waals surface area contributed by atoms with E-state index in [2.05, 4.69) is 5.10 Å². The summed E-state index contributed by atoms with van der Waals surface area (Å²) in [6.07, 6.45) is 9.03. The van der Waals surface area contributed by atoms with Gasteiger partial charge in [-0.25, -0.2) is 4.68 Å². The van der Waals surface area contributed by atoms with Crippen molar-refractivity contribution in [3.63, 3.8) is 0 Å². The van der Waals surface area contributed by atoms with Gasteiger partial charge in [-0.05, 0) is 68.4 Å². The van der Waals surface area contributed by atoms with Crippen LogP contribution in [0.1, 0.15) is 49.0 Å². The van der Waals surface area contributed by atoms with Crippen LogP contribution in [0, 0.1) is 23.2 Å². The number of aromatic nitrogens is 2. The van der Waals surface area contributed by atoms with Gasteiger partial charge in [-0.1, -0.05) is 18.2 Å². The first-order valence-corrected chi connectivity index (χ1v) is 12.3. The van der Waals surface area contributed by atoms with Crippen molar-refractivity contribution in [2.24, 2.45) is 23.2 Å². The molecule has 4 bridgehead atoms. The topological polar surface area (TPSA) is 67.7 Å². The molecule has 2 heterocycles. The molecule has 7 heteroatoms. The Labute approximate surface area is 194 Å². The number of carbonyl (C=O) groups excluding carboxylic acids is 2. The Kier molecular flexibility index (Phi) is 4.96. The number of carbonyl (C=O) groups is 2. The van der Waals surface area contributed by atoms with Crippen LogP contribution in [-0.2, 0) is 4.79 Å². The van der Waals surface area contributed by atoms with E-state index in [1.807, 2.05) is 40.1 Å². The van der Waals surface area contributed by atoms with E-state index in [4.69, 9.17) is 4.74 Å². The van der Waals surface area contributed by atoms with Gasteiger partial charge in [0.05, 0.1) is 24.4 Å². The lowest BCUT2D eigenvalue weighted by Gasteiger charge is -2.57. The van der Waals surface area contributed by atoms with Crippen molar-refractivity contribution < 1.29 is 14.3 Å². The number of ether oxygens (including phenoxy) is 1. The number of rotatable bonds is 4. The molecule has 4 aliphatic carbocycles. The molecule has 4 saturated carbocycles. The molecule has 1 aromatic carbocycles. The summed E-state index contributed by atoms with van der Waals surface area (Å²) >= 11 is 0. The van der Waals surface area contributed by atoms with Crippen LogP contribution >= 0.6 is 0 Å². The van der Waals surface area contributed by atoms with E-state index in [9.17, 15) is 9.59 Å². The molecule has 5 fully saturated rings. The maximum Gasteiger partial charge on any atom is 0.278 e. The van der Waals surface area contributed by atoms with Crippen molar-refractivity contribution in [2.75, 3.05) is 33.3 Å². The van der Waals surface area contributed by atoms with Gasteiger partial charge in [0.15, 0.2) is 11.4 Å². The molecule has 1 aromatic heterocycles. The summed E-state index contributed by atoms with van der Waals surface area (Å²) in [7, 11) is 1.56. The van der Waals surface area contributed by atoms with Crippen LogP contribution in [0.5, 0.6) is 5.75 Å². The Bertz CT molecular complexity index is 1020. The van der Waals surface area contributed by atoms with Crippen LogP contribution in [0.2, 0.25) is 0 Å². The van der Waals surface area contributed by atoms with E-state index >= 15 is 0 Å². The lowest BCUT2D eigenvalue weighted by atomic mass is 9.49. The molecule has 5 aliphatic rings. The number of methoxy groups -OCH3 is 1. The summed E-state index contributed by atoms with van der Waals surface area (Å²) in [5, 5.41) is 4.53. The molecule has 2 aromatic rings. The molecule has 0 radical (unpaired) electrons. The number of nitrogens with zero attached hydrogens (tertiary/aromatic N) is 4. The molecular weight excluding hydrogens is 416 g/mol. The number of para-hydroxylation sites is 1. The second kappa shape index (κ2) is 7.89. The monoisotopic (exact) mass is 448 g/mol. The summed E-state index contributed by atoms with van der Waals surface area (Å²) in [4.78, 5) is 30.8. The Hall–Kier alpha value is -2.83. The summed E-state index contributed by atoms with van der Waals surface area (Å²) < 4.78 is 7.14. The molecule has 0 atom stereocenters. The molecule has 1 saturated heterocycles. The highest BCUT2D eigenvalue weighted by atomic mass is 16.5. The number of piperazine rings is 1. The van der Waals surface area contributed by atoms with Gasteiger partial charge in [0.25, 0.3) is 5.91 Å². The van der Waals surface area contributed by atoms with Gasteiger partial charge in [-0.2, -0.15) is 5.10 Å². The molecule has 7 rings (SSSR count). The summed E-state index contributed by atoms with van der Waals surface area (Å²) in [6.45, 7) is 2.29. The van der Waals surface area contributed by atoms with E-state index in [0.29, 0.717) is 43.5 Å². The molecular formula is C26H32N4O3. The summed E-state index contributed by atoms with van der Waals surface area (Å²) in [5.74, 6) is 2.97. The Morgan fingerprint density at radius 1 is 0.909 bits per heavy atom. The van der Waals surface area contributed by atoms with Crippen LogP contribution in [0.25, 0.3) is 5.69 Å². The SMILES string of the molecule is COc1cn(-c2ccccc2)nc1C(=O)N1CCN(C(=O)C23CC4CC(CC(C4)C2)C3)CC1. The fraction of sp³-hybridized carbons (Fsp3) is 0.577. The zero-order chi connectivity index (χ0) is 22.6. The van der Waals surface area contributed by atoms with E-state index in [-0.39, 0.29) is 11.3 Å². The number of amides is 2. The molecule has 2 amide bonds. The minimum Gasteiger partial charge on any atom is -0.493 e. The van der Waals surface area contributed by atoms with Crippen molar-refractivity contribution in [3.8, 4) is 11.4 Å². The highest BCUT2D eigenvalue weighted by Gasteiger charge is 2.55. The highest BCUT2D eigenvalue weighted by Crippen LogP contribution is 2.60. The maximum atomic E-state index is 13.6. The Morgan fingerprint density at radius 3 is 2.06 bits per heavy atom. The van der Waals surface area contributed by atoms with Gasteiger partial charge < -0.3 is 14.5 Å². The van der Waals surface area contributed by atoms with Gasteiger partial charge in [-0.3, -0.25) is 9.59 Å². The van der Waals surface area contributed by atoms with Gasteiger partial charge in [0.1, 0.15) is 0 Å². The largest absolute Gasteiger partial charge is 0.493 e. The predicted octanol–water partition coefficient (Wildman–Crippen LogP) is 3.38. The molecule has 33 heavy (non-hydrogen) atoms. The predicted molar refractivity (Wildman–Crippen MR) is 123 cm³/mol. The summed E-state index contributed by atoms with van der Waals surface area (Å²) in [6, 6.07) is 9.70. The summed E-state index contributed by atoms with van der Waals surface area (Å²) in [5.41, 5.74) is 1.08. The maximum absolute atomic E-state index is 13.6. The van der Waals surface area contributed by atoms with Crippen molar-refractivity contribution in [1.82, 2.24) is 19.6 Å². The average molecular weight is 449 g/mol. The molecule has 0 spiro atoms. The molecule has 0 N–H and O–H groups in total. The molecule has 1 aliphatic heterocycles. The molecule has 174 valence electrons. The lowest BCUT2D eigenvalue weighted by molar-refractivity contribution is -0.159. The van der Waals surface area contributed by atoms with Crippen LogP contribution < -0.4 is 4.74 Å². The third kappa shape index (κ3) is 3.52. The number of benzene rings is 1. The second-order valence-corrected chi connectivity index (χ2v) is 10.6. The van der Waals surface area contributed by atoms with Crippen molar-refractivity contribution in [1.29, 1.82) is 0 Å². The van der Waals surface area contributed by atoms with Gasteiger partial charge in [-0.15, -0.1) is 0 Å². The minimum absolute atomic E-state index is 0.112. The van der Waals surface area contributed by atoms with Crippen molar-refractivity contribution in [2.45, 2.75) is 38.5 Å². The van der Waals surface area contributed by atoms with Crippen molar-refractivity contribution in [3.05, 3.63) is 42.2 Å². The van der Waals surface area contributed by atoms with E-state index < -0.39 is 0 Å². The quantitative estimate of drug-likeness (QED) is 0.719. The third-order valence-corrected chi connectivity index (χ3v) is 8.47. The first-order chi connectivity index (χ1) is 16.0. The van der Waals surface area contributed by atoms with E-state index in [1.54, 1.807) is 18.0 Å². The van der Waals surface area contributed by atoms with Crippen molar-refractivity contribution >= 4 is 11.8 Å². The van der Waals surface area contributed by atoms with Gasteiger partial charge in [0.2, 0.25) is 5.91 Å². The second-order valence-electron chi connectivity index (χ2n) is 10.6. The van der Waals surface area contributed by atoms with Crippen LogP contribution in [0.3, 0.4) is 0 Å². The smallest absolute Gasteiger partial charge is 0.278 e. The van der Waals surface area contributed by atoms with Crippen LogP contribution in [-0.4, -0.2) is 64.7 Å². The fourth-order valence-electron chi connectivity index (χ4n) is 7.34. The standard InChI is InChI=1S/C26H32N4O3/c1-33-22-17-30(21-5-3-2-4-6-21)27-23(22)24(31)28-7-9-29(10-8-28)25(32)26-14-18-11-19(15-26)13-20(12-18)16-26/h2-6,17-20H,7-16H2,1H3. The highest BCUT2D eigenvalue weighted by molar-refractivity contribution is 5.95. The zero-order valence-corrected chi connectivity index (χ0v) is 19.3. The van der Waals surface area contributed by atoms with E-state index in [1.165, 1.54) is 19.3 Å². The number of hydrogen-bond donors (Lipinski definition) is 0.